The molecule has 2 aliphatic rings. The average molecular weight is 482 g/mol. The van der Waals surface area contributed by atoms with Crippen LogP contribution in [-0.2, 0) is 9.59 Å². The summed E-state index contributed by atoms with van der Waals surface area (Å²) >= 11 is 12.0. The van der Waals surface area contributed by atoms with E-state index in [9.17, 15) is 14.7 Å². The van der Waals surface area contributed by atoms with Gasteiger partial charge in [0.05, 0.1) is 16.7 Å². The third kappa shape index (κ3) is 7.20. The fraction of sp³-hybridized carbons (Fsp3) is 0.583. The van der Waals surface area contributed by atoms with Crippen LogP contribution < -0.4 is 0 Å². The Bertz CT molecular complexity index is 818. The number of hydrogen-bond acceptors (Lipinski definition) is 4. The number of aliphatic hydroxyl groups excluding tert-OH is 1. The standard InChI is InChI=1S/C24H33Cl2N3O3/c25-21-8-6-19(17-22(21)26)7-9-23(31)29-14-10-24(32)28(15-16-29)13-4-3-12-27-11-2-1-5-20(27)18-30/h6-9,17,20,30H,1-5,10-16,18H2/b9-7+. The number of likely N-dealkylation sites (tertiary alicyclic amines) is 1. The number of hydrogen-bond donors (Lipinski definition) is 1. The molecule has 1 atom stereocenters. The SMILES string of the molecule is O=C(/C=C/c1ccc(Cl)c(Cl)c1)N1CCC(=O)N(CCCCN2CCCCC2CO)CC1. The second-order valence-corrected chi connectivity index (χ2v) is 9.35. The summed E-state index contributed by atoms with van der Waals surface area (Å²) in [7, 11) is 0. The minimum atomic E-state index is -0.106. The fourth-order valence-electron chi connectivity index (χ4n) is 4.39. The number of piperidine rings is 1. The van der Waals surface area contributed by atoms with Gasteiger partial charge in [-0.1, -0.05) is 35.7 Å². The van der Waals surface area contributed by atoms with Crippen molar-refractivity contribution in [2.45, 2.75) is 44.6 Å². The molecule has 1 N–H and O–H groups in total. The van der Waals surface area contributed by atoms with Gasteiger partial charge in [-0.3, -0.25) is 14.5 Å². The monoisotopic (exact) mass is 481 g/mol. The summed E-state index contributed by atoms with van der Waals surface area (Å²) in [5.74, 6) is 0.00540. The van der Waals surface area contributed by atoms with Crippen LogP contribution in [0.1, 0.15) is 44.1 Å². The normalized spacial score (nSPS) is 20.7. The van der Waals surface area contributed by atoms with Crippen LogP contribution in [0.25, 0.3) is 6.08 Å². The molecule has 2 fully saturated rings. The summed E-state index contributed by atoms with van der Waals surface area (Å²) < 4.78 is 0. The minimum Gasteiger partial charge on any atom is -0.395 e. The van der Waals surface area contributed by atoms with E-state index in [0.717, 1.165) is 44.5 Å². The van der Waals surface area contributed by atoms with Crippen molar-refractivity contribution in [1.29, 1.82) is 0 Å². The average Bonchev–Trinajstić information content (AvgIpc) is 2.99. The molecule has 0 radical (unpaired) electrons. The van der Waals surface area contributed by atoms with Crippen LogP contribution in [-0.4, -0.2) is 83.5 Å². The summed E-state index contributed by atoms with van der Waals surface area (Å²) in [6, 6.07) is 5.51. The van der Waals surface area contributed by atoms with Gasteiger partial charge in [-0.25, -0.2) is 0 Å². The zero-order chi connectivity index (χ0) is 22.9. The van der Waals surface area contributed by atoms with Crippen molar-refractivity contribution in [2.24, 2.45) is 0 Å². The van der Waals surface area contributed by atoms with E-state index in [0.29, 0.717) is 42.1 Å². The van der Waals surface area contributed by atoms with Crippen LogP contribution in [0.2, 0.25) is 10.0 Å². The molecule has 2 amide bonds. The maximum atomic E-state index is 12.6. The van der Waals surface area contributed by atoms with Gasteiger partial charge >= 0.3 is 0 Å². The zero-order valence-electron chi connectivity index (χ0n) is 18.5. The van der Waals surface area contributed by atoms with Crippen molar-refractivity contribution < 1.29 is 14.7 Å². The van der Waals surface area contributed by atoms with Crippen LogP contribution in [0.3, 0.4) is 0 Å². The lowest BCUT2D eigenvalue weighted by atomic mass is 10.0. The molecule has 32 heavy (non-hydrogen) atoms. The highest BCUT2D eigenvalue weighted by Gasteiger charge is 2.23. The van der Waals surface area contributed by atoms with Crippen LogP contribution in [0, 0.1) is 0 Å². The Labute approximate surface area is 200 Å². The number of aliphatic hydroxyl groups is 1. The van der Waals surface area contributed by atoms with Gasteiger partial charge in [-0.05, 0) is 62.5 Å². The van der Waals surface area contributed by atoms with Gasteiger partial charge in [-0.2, -0.15) is 0 Å². The molecule has 6 nitrogen and oxygen atoms in total. The second kappa shape index (κ2) is 12.6. The Morgan fingerprint density at radius 1 is 1.06 bits per heavy atom. The van der Waals surface area contributed by atoms with Crippen LogP contribution in [0.4, 0.5) is 0 Å². The second-order valence-electron chi connectivity index (χ2n) is 8.54. The highest BCUT2D eigenvalue weighted by molar-refractivity contribution is 6.42. The molecule has 0 saturated carbocycles. The van der Waals surface area contributed by atoms with Gasteiger partial charge in [-0.15, -0.1) is 0 Å². The van der Waals surface area contributed by atoms with Crippen molar-refractivity contribution >= 4 is 41.1 Å². The molecule has 1 unspecified atom stereocenters. The van der Waals surface area contributed by atoms with Gasteiger partial charge in [0.15, 0.2) is 0 Å². The van der Waals surface area contributed by atoms with E-state index >= 15 is 0 Å². The molecule has 3 rings (SSSR count). The van der Waals surface area contributed by atoms with Crippen molar-refractivity contribution in [3.8, 4) is 0 Å². The van der Waals surface area contributed by atoms with Crippen LogP contribution in [0.15, 0.2) is 24.3 Å². The maximum Gasteiger partial charge on any atom is 0.246 e. The molecule has 0 bridgehead atoms. The molecule has 2 heterocycles. The van der Waals surface area contributed by atoms with Crippen molar-refractivity contribution in [2.75, 3.05) is 45.9 Å². The van der Waals surface area contributed by atoms with Gasteiger partial charge in [0.2, 0.25) is 11.8 Å². The first-order valence-corrected chi connectivity index (χ1v) is 12.3. The third-order valence-electron chi connectivity index (χ3n) is 6.34. The summed E-state index contributed by atoms with van der Waals surface area (Å²) in [6.07, 6.45) is 9.01. The van der Waals surface area contributed by atoms with Gasteiger partial charge in [0.25, 0.3) is 0 Å². The molecule has 1 aromatic carbocycles. The first-order valence-electron chi connectivity index (χ1n) is 11.5. The molecule has 8 heteroatoms. The van der Waals surface area contributed by atoms with Crippen molar-refractivity contribution in [3.63, 3.8) is 0 Å². The summed E-state index contributed by atoms with van der Waals surface area (Å²) in [5, 5.41) is 10.5. The topological polar surface area (TPSA) is 64.1 Å². The summed E-state index contributed by atoms with van der Waals surface area (Å²) in [5.41, 5.74) is 0.803. The number of benzene rings is 1. The van der Waals surface area contributed by atoms with Crippen molar-refractivity contribution in [1.82, 2.24) is 14.7 Å². The molecular formula is C24H33Cl2N3O3. The lowest BCUT2D eigenvalue weighted by Gasteiger charge is -2.34. The Balaban J connectivity index is 1.43. The molecule has 0 aliphatic carbocycles. The first kappa shape index (κ1) is 25.0. The van der Waals surface area contributed by atoms with Crippen LogP contribution >= 0.6 is 23.2 Å². The van der Waals surface area contributed by atoms with Crippen LogP contribution in [0.5, 0.6) is 0 Å². The molecular weight excluding hydrogens is 449 g/mol. The Morgan fingerprint density at radius 2 is 1.88 bits per heavy atom. The third-order valence-corrected chi connectivity index (χ3v) is 7.08. The number of nitrogens with zero attached hydrogens (tertiary/aromatic N) is 3. The number of carbonyl (C=O) groups is 2. The van der Waals surface area contributed by atoms with E-state index in [4.69, 9.17) is 23.2 Å². The maximum absolute atomic E-state index is 12.6. The summed E-state index contributed by atoms with van der Waals surface area (Å²) in [6.45, 7) is 4.51. The quantitative estimate of drug-likeness (QED) is 0.454. The number of carbonyl (C=O) groups excluding carboxylic acids is 2. The molecule has 1 aromatic rings. The summed E-state index contributed by atoms with van der Waals surface area (Å²) in [4.78, 5) is 31.1. The fourth-order valence-corrected chi connectivity index (χ4v) is 4.70. The van der Waals surface area contributed by atoms with Gasteiger partial charge in [0.1, 0.15) is 0 Å². The van der Waals surface area contributed by atoms with Gasteiger partial charge < -0.3 is 14.9 Å². The predicted octanol–water partition coefficient (Wildman–Crippen LogP) is 3.69. The highest BCUT2D eigenvalue weighted by Crippen LogP contribution is 2.23. The highest BCUT2D eigenvalue weighted by atomic mass is 35.5. The van der Waals surface area contributed by atoms with Gasteiger partial charge in [0, 0.05) is 44.7 Å². The molecule has 2 saturated heterocycles. The Morgan fingerprint density at radius 3 is 2.66 bits per heavy atom. The smallest absolute Gasteiger partial charge is 0.246 e. The Hall–Kier alpha value is -1.60. The molecule has 2 aliphatic heterocycles. The number of halogens is 2. The minimum absolute atomic E-state index is 0.106. The zero-order valence-corrected chi connectivity index (χ0v) is 20.0. The van der Waals surface area contributed by atoms with E-state index in [1.165, 1.54) is 18.9 Å². The van der Waals surface area contributed by atoms with Crippen molar-refractivity contribution in [3.05, 3.63) is 39.9 Å². The van der Waals surface area contributed by atoms with E-state index in [2.05, 4.69) is 4.90 Å². The molecule has 0 aromatic heterocycles. The number of rotatable bonds is 8. The van der Waals surface area contributed by atoms with E-state index in [1.54, 1.807) is 29.2 Å². The Kier molecular flexibility index (Phi) is 9.85. The van der Waals surface area contributed by atoms with E-state index in [1.807, 2.05) is 4.90 Å². The van der Waals surface area contributed by atoms with E-state index < -0.39 is 0 Å². The molecule has 0 spiro atoms. The predicted molar refractivity (Wildman–Crippen MR) is 129 cm³/mol. The lowest BCUT2D eigenvalue weighted by Crippen LogP contribution is -2.42. The van der Waals surface area contributed by atoms with E-state index in [-0.39, 0.29) is 18.4 Å². The lowest BCUT2D eigenvalue weighted by molar-refractivity contribution is -0.130. The number of unbranched alkanes of at least 4 members (excludes halogenated alkanes) is 1. The first-order chi connectivity index (χ1) is 15.5. The number of amides is 2. The largest absolute Gasteiger partial charge is 0.395 e. The molecule has 176 valence electrons.